The Labute approximate surface area is 86.2 Å². The van der Waals surface area contributed by atoms with E-state index in [0.29, 0.717) is 0 Å². The smallest absolute Gasteiger partial charge is 0.0413 e. The molecule has 0 fully saturated rings. The molecule has 14 heavy (non-hydrogen) atoms. The van der Waals surface area contributed by atoms with E-state index in [1.165, 1.54) is 5.57 Å². The van der Waals surface area contributed by atoms with Crippen molar-refractivity contribution in [2.45, 2.75) is 13.3 Å². The van der Waals surface area contributed by atoms with Crippen LogP contribution in [0.25, 0.3) is 6.08 Å². The zero-order chi connectivity index (χ0) is 10.4. The third kappa shape index (κ3) is 3.09. The molecule has 1 aromatic rings. The van der Waals surface area contributed by atoms with Crippen LogP contribution in [0.5, 0.6) is 0 Å². The van der Waals surface area contributed by atoms with Gasteiger partial charge >= 0.3 is 0 Å². The Morgan fingerprint density at radius 3 is 2.79 bits per heavy atom. The highest BCUT2D eigenvalue weighted by Crippen LogP contribution is 2.15. The number of nitrogens with one attached hydrogen (secondary N) is 1. The summed E-state index contributed by atoms with van der Waals surface area (Å²) in [4.78, 5) is 0. The maximum Gasteiger partial charge on any atom is 0.0413 e. The molecule has 0 radical (unpaired) electrons. The Bertz CT molecular complexity index is 326. The fraction of sp³-hybridized carbons (Fsp3) is 0.231. The van der Waals surface area contributed by atoms with Gasteiger partial charge in [-0.25, -0.2) is 0 Å². The first-order valence-corrected chi connectivity index (χ1v) is 4.83. The number of para-hydroxylation sites is 1. The molecule has 0 spiro atoms. The van der Waals surface area contributed by atoms with Crippen LogP contribution < -0.4 is 5.32 Å². The highest BCUT2D eigenvalue weighted by atomic mass is 14.9. The summed E-state index contributed by atoms with van der Waals surface area (Å²) in [6.45, 7) is 10.6. The van der Waals surface area contributed by atoms with Crippen molar-refractivity contribution in [2.24, 2.45) is 0 Å². The molecule has 0 heterocycles. The molecule has 0 saturated carbocycles. The van der Waals surface area contributed by atoms with Crippen LogP contribution in [0.15, 0.2) is 43.0 Å². The van der Waals surface area contributed by atoms with Crippen LogP contribution >= 0.6 is 0 Å². The summed E-state index contributed by atoms with van der Waals surface area (Å²) < 4.78 is 0. The Hall–Kier alpha value is -1.50. The molecule has 74 valence electrons. The molecule has 0 unspecified atom stereocenters. The molecule has 0 aliphatic heterocycles. The second kappa shape index (κ2) is 5.28. The van der Waals surface area contributed by atoms with Crippen molar-refractivity contribution in [3.05, 3.63) is 48.6 Å². The molecule has 0 aliphatic rings. The lowest BCUT2D eigenvalue weighted by Crippen LogP contribution is -2.02. The van der Waals surface area contributed by atoms with E-state index in [1.54, 1.807) is 0 Å². The monoisotopic (exact) mass is 187 g/mol. The van der Waals surface area contributed by atoms with Gasteiger partial charge in [0, 0.05) is 12.2 Å². The number of rotatable bonds is 5. The molecule has 1 N–H and O–H groups in total. The average molecular weight is 187 g/mol. The Morgan fingerprint density at radius 2 is 2.14 bits per heavy atom. The van der Waals surface area contributed by atoms with Crippen LogP contribution in [0.2, 0.25) is 0 Å². The lowest BCUT2D eigenvalue weighted by molar-refractivity contribution is 1.00. The maximum absolute atomic E-state index is 3.87. The molecular formula is C13H17N. The van der Waals surface area contributed by atoms with E-state index in [-0.39, 0.29) is 0 Å². The van der Waals surface area contributed by atoms with Crippen molar-refractivity contribution >= 4 is 11.8 Å². The van der Waals surface area contributed by atoms with Crippen molar-refractivity contribution in [1.29, 1.82) is 0 Å². The molecule has 0 atom stereocenters. The number of benzene rings is 1. The summed E-state index contributed by atoms with van der Waals surface area (Å²) in [6.07, 6.45) is 2.87. The third-order valence-electron chi connectivity index (χ3n) is 2.05. The van der Waals surface area contributed by atoms with E-state index in [2.05, 4.69) is 30.6 Å². The third-order valence-corrected chi connectivity index (χ3v) is 2.05. The van der Waals surface area contributed by atoms with Crippen LogP contribution in [-0.2, 0) is 0 Å². The summed E-state index contributed by atoms with van der Waals surface area (Å²) in [5, 5.41) is 3.36. The first-order chi connectivity index (χ1) is 6.74. The van der Waals surface area contributed by atoms with E-state index >= 15 is 0 Å². The van der Waals surface area contributed by atoms with Gasteiger partial charge in [-0.1, -0.05) is 36.4 Å². The number of hydrogen-bond acceptors (Lipinski definition) is 1. The van der Waals surface area contributed by atoms with Gasteiger partial charge in [0.25, 0.3) is 0 Å². The van der Waals surface area contributed by atoms with Gasteiger partial charge in [-0.3, -0.25) is 0 Å². The van der Waals surface area contributed by atoms with Crippen LogP contribution in [0, 0.1) is 0 Å². The van der Waals surface area contributed by atoms with Crippen LogP contribution in [0.1, 0.15) is 18.9 Å². The first kappa shape index (κ1) is 10.6. The maximum atomic E-state index is 3.87. The molecule has 1 heteroatoms. The SMILES string of the molecule is C=Cc1ccccc1NCCC(=C)C. The summed E-state index contributed by atoms with van der Waals surface area (Å²) >= 11 is 0. The van der Waals surface area contributed by atoms with Crippen LogP contribution in [0.4, 0.5) is 5.69 Å². The highest BCUT2D eigenvalue weighted by molar-refractivity contribution is 5.65. The molecule has 1 aromatic carbocycles. The predicted molar refractivity (Wildman–Crippen MR) is 64.5 cm³/mol. The summed E-state index contributed by atoms with van der Waals surface area (Å²) in [5.74, 6) is 0. The number of anilines is 1. The van der Waals surface area contributed by atoms with Gasteiger partial charge in [-0.05, 0) is 25.0 Å². The molecule has 0 aromatic heterocycles. The zero-order valence-electron chi connectivity index (χ0n) is 8.72. The molecule has 0 aliphatic carbocycles. The van der Waals surface area contributed by atoms with Crippen molar-refractivity contribution in [2.75, 3.05) is 11.9 Å². The van der Waals surface area contributed by atoms with Gasteiger partial charge < -0.3 is 5.32 Å². The van der Waals surface area contributed by atoms with Gasteiger partial charge in [0.1, 0.15) is 0 Å². The minimum absolute atomic E-state index is 0.931. The van der Waals surface area contributed by atoms with Crippen LogP contribution in [0.3, 0.4) is 0 Å². The molecule has 0 amide bonds. The number of hydrogen-bond donors (Lipinski definition) is 1. The molecule has 0 saturated heterocycles. The second-order valence-corrected chi connectivity index (χ2v) is 3.43. The van der Waals surface area contributed by atoms with Gasteiger partial charge in [0.2, 0.25) is 0 Å². The second-order valence-electron chi connectivity index (χ2n) is 3.43. The van der Waals surface area contributed by atoms with E-state index in [4.69, 9.17) is 0 Å². The highest BCUT2D eigenvalue weighted by Gasteiger charge is 1.95. The summed E-state index contributed by atoms with van der Waals surface area (Å²) in [5.41, 5.74) is 3.49. The quantitative estimate of drug-likeness (QED) is 0.693. The summed E-state index contributed by atoms with van der Waals surface area (Å²) in [7, 11) is 0. The van der Waals surface area contributed by atoms with E-state index in [1.807, 2.05) is 25.1 Å². The zero-order valence-corrected chi connectivity index (χ0v) is 8.72. The normalized spacial score (nSPS) is 9.50. The van der Waals surface area contributed by atoms with E-state index in [0.717, 1.165) is 24.2 Å². The first-order valence-electron chi connectivity index (χ1n) is 4.83. The molecule has 1 rings (SSSR count). The predicted octanol–water partition coefficient (Wildman–Crippen LogP) is 3.71. The fourth-order valence-corrected chi connectivity index (χ4v) is 1.25. The average Bonchev–Trinajstić information content (AvgIpc) is 2.18. The Morgan fingerprint density at radius 1 is 1.43 bits per heavy atom. The lowest BCUT2D eigenvalue weighted by Gasteiger charge is -2.08. The van der Waals surface area contributed by atoms with Gasteiger partial charge in [-0.2, -0.15) is 0 Å². The van der Waals surface area contributed by atoms with Crippen molar-refractivity contribution in [3.63, 3.8) is 0 Å². The standard InChI is InChI=1S/C13H17N/c1-4-12-7-5-6-8-13(12)14-10-9-11(2)3/h4-8,14H,1-2,9-10H2,3H3. The van der Waals surface area contributed by atoms with Crippen LogP contribution in [-0.4, -0.2) is 6.54 Å². The summed E-state index contributed by atoms with van der Waals surface area (Å²) in [6, 6.07) is 8.16. The Balaban J connectivity index is 2.57. The Kier molecular flexibility index (Phi) is 3.99. The van der Waals surface area contributed by atoms with E-state index < -0.39 is 0 Å². The van der Waals surface area contributed by atoms with Gasteiger partial charge in [0.05, 0.1) is 0 Å². The lowest BCUT2D eigenvalue weighted by atomic mass is 10.1. The van der Waals surface area contributed by atoms with Gasteiger partial charge in [-0.15, -0.1) is 6.58 Å². The largest absolute Gasteiger partial charge is 0.384 e. The van der Waals surface area contributed by atoms with Gasteiger partial charge in [0.15, 0.2) is 0 Å². The molecular weight excluding hydrogens is 170 g/mol. The van der Waals surface area contributed by atoms with E-state index in [9.17, 15) is 0 Å². The molecule has 1 nitrogen and oxygen atoms in total. The minimum atomic E-state index is 0.931. The van der Waals surface area contributed by atoms with Crippen molar-refractivity contribution in [3.8, 4) is 0 Å². The topological polar surface area (TPSA) is 12.0 Å². The van der Waals surface area contributed by atoms with Crippen molar-refractivity contribution in [1.82, 2.24) is 0 Å². The minimum Gasteiger partial charge on any atom is -0.384 e. The van der Waals surface area contributed by atoms with Crippen molar-refractivity contribution < 1.29 is 0 Å². The fourth-order valence-electron chi connectivity index (χ4n) is 1.25. The molecule has 0 bridgehead atoms.